The maximum Gasteiger partial charge on any atom is 0.271 e. The monoisotopic (exact) mass is 344 g/mol. The summed E-state index contributed by atoms with van der Waals surface area (Å²) in [7, 11) is 1.54. The van der Waals surface area contributed by atoms with Gasteiger partial charge >= 0.3 is 0 Å². The Morgan fingerprint density at radius 2 is 1.96 bits per heavy atom. The summed E-state index contributed by atoms with van der Waals surface area (Å²) < 4.78 is 5.77. The maximum atomic E-state index is 12.2. The molecule has 0 spiro atoms. The molecule has 0 aliphatic rings. The first-order chi connectivity index (χ1) is 12.0. The van der Waals surface area contributed by atoms with Crippen molar-refractivity contribution in [1.29, 1.82) is 0 Å². The number of hydrogen-bond acceptors (Lipinski definition) is 5. The van der Waals surface area contributed by atoms with Crippen LogP contribution in [0.1, 0.15) is 18.4 Å². The van der Waals surface area contributed by atoms with E-state index in [-0.39, 0.29) is 31.2 Å². The van der Waals surface area contributed by atoms with E-state index in [2.05, 4.69) is 0 Å². The summed E-state index contributed by atoms with van der Waals surface area (Å²) in [6.45, 7) is 0.191. The molecule has 25 heavy (non-hydrogen) atoms. The number of benzene rings is 2. The summed E-state index contributed by atoms with van der Waals surface area (Å²) in [4.78, 5) is 24.0. The van der Waals surface area contributed by atoms with Crippen LogP contribution < -0.4 is 9.64 Å². The molecule has 7 nitrogen and oxygen atoms in total. The summed E-state index contributed by atoms with van der Waals surface area (Å²) >= 11 is 0. The Hall–Kier alpha value is -2.93. The summed E-state index contributed by atoms with van der Waals surface area (Å²) in [6.07, 6.45) is 0.478. The van der Waals surface area contributed by atoms with E-state index in [4.69, 9.17) is 9.84 Å². The Labute approximate surface area is 145 Å². The van der Waals surface area contributed by atoms with Crippen LogP contribution in [0.15, 0.2) is 48.5 Å². The minimum atomic E-state index is -0.517. The smallest absolute Gasteiger partial charge is 0.271 e. The normalized spacial score (nSPS) is 10.3. The average molecular weight is 344 g/mol. The molecule has 0 saturated heterocycles. The third-order valence-electron chi connectivity index (χ3n) is 3.67. The Morgan fingerprint density at radius 3 is 2.60 bits per heavy atom. The molecule has 0 fully saturated rings. The molecule has 132 valence electrons. The topological polar surface area (TPSA) is 92.9 Å². The molecule has 0 aliphatic carbocycles. The number of aliphatic hydroxyl groups is 1. The van der Waals surface area contributed by atoms with Gasteiger partial charge in [0, 0.05) is 32.2 Å². The van der Waals surface area contributed by atoms with E-state index < -0.39 is 4.92 Å². The molecule has 0 atom stereocenters. The van der Waals surface area contributed by atoms with Crippen molar-refractivity contribution in [3.63, 3.8) is 0 Å². The van der Waals surface area contributed by atoms with Gasteiger partial charge in [-0.2, -0.15) is 0 Å². The number of carbonyl (C=O) groups excluding carboxylic acids is 1. The van der Waals surface area contributed by atoms with E-state index >= 15 is 0 Å². The number of nitro groups is 1. The quantitative estimate of drug-likeness (QED) is 0.587. The molecule has 0 aromatic heterocycles. The molecule has 1 amide bonds. The van der Waals surface area contributed by atoms with E-state index in [0.29, 0.717) is 17.9 Å². The van der Waals surface area contributed by atoms with Gasteiger partial charge in [0.15, 0.2) is 0 Å². The van der Waals surface area contributed by atoms with Gasteiger partial charge in [0.1, 0.15) is 12.4 Å². The fraction of sp³-hybridized carbons (Fsp3) is 0.278. The van der Waals surface area contributed by atoms with Crippen molar-refractivity contribution < 1.29 is 19.6 Å². The van der Waals surface area contributed by atoms with Crippen molar-refractivity contribution in [3.8, 4) is 5.75 Å². The summed E-state index contributed by atoms with van der Waals surface area (Å²) in [5.41, 5.74) is 1.15. The molecule has 0 radical (unpaired) electrons. The van der Waals surface area contributed by atoms with Gasteiger partial charge in [-0.3, -0.25) is 14.9 Å². The summed E-state index contributed by atoms with van der Waals surface area (Å²) in [5, 5.41) is 19.9. The molecule has 7 heteroatoms. The van der Waals surface area contributed by atoms with Gasteiger partial charge in [-0.25, -0.2) is 0 Å². The number of carbonyl (C=O) groups is 1. The Bertz CT molecular complexity index is 734. The maximum absolute atomic E-state index is 12.2. The van der Waals surface area contributed by atoms with E-state index in [0.717, 1.165) is 5.56 Å². The molecular weight excluding hydrogens is 324 g/mol. The van der Waals surface area contributed by atoms with Crippen LogP contribution in [0.5, 0.6) is 5.75 Å². The van der Waals surface area contributed by atoms with Crippen LogP contribution in [-0.4, -0.2) is 29.6 Å². The number of rotatable bonds is 8. The van der Waals surface area contributed by atoms with Crippen LogP contribution in [0.2, 0.25) is 0 Å². The Morgan fingerprint density at radius 1 is 1.24 bits per heavy atom. The Kier molecular flexibility index (Phi) is 6.47. The SMILES string of the molecule is CN(C(=O)CCCO)c1cc([N+](=O)[O-])ccc1OCc1ccccc1. The van der Waals surface area contributed by atoms with Crippen molar-refractivity contribution in [1.82, 2.24) is 0 Å². The molecule has 2 rings (SSSR count). The third kappa shape index (κ3) is 5.02. The van der Waals surface area contributed by atoms with Crippen molar-refractivity contribution in [2.45, 2.75) is 19.4 Å². The first-order valence-electron chi connectivity index (χ1n) is 7.85. The zero-order valence-corrected chi connectivity index (χ0v) is 13.9. The number of nitro benzene ring substituents is 1. The number of aliphatic hydroxyl groups excluding tert-OH is 1. The second kappa shape index (κ2) is 8.79. The van der Waals surface area contributed by atoms with E-state index in [1.807, 2.05) is 30.3 Å². The molecular formula is C18H20N2O5. The number of amides is 1. The minimum absolute atomic E-state index is 0.0914. The number of non-ortho nitro benzene ring substituents is 1. The largest absolute Gasteiger partial charge is 0.487 e. The van der Waals surface area contributed by atoms with Crippen LogP contribution in [0.3, 0.4) is 0 Å². The third-order valence-corrected chi connectivity index (χ3v) is 3.67. The van der Waals surface area contributed by atoms with E-state index in [1.54, 1.807) is 0 Å². The van der Waals surface area contributed by atoms with Crippen molar-refractivity contribution in [3.05, 3.63) is 64.2 Å². The standard InChI is InChI=1S/C18H20N2O5/c1-19(18(22)8-5-11-21)16-12-15(20(23)24)9-10-17(16)25-13-14-6-3-2-4-7-14/h2-4,6-7,9-10,12,21H,5,8,11,13H2,1H3. The first kappa shape index (κ1) is 18.4. The second-order valence-electron chi connectivity index (χ2n) is 5.46. The van der Waals surface area contributed by atoms with Crippen LogP contribution in [0.4, 0.5) is 11.4 Å². The first-order valence-corrected chi connectivity index (χ1v) is 7.85. The zero-order valence-electron chi connectivity index (χ0n) is 13.9. The van der Waals surface area contributed by atoms with Crippen LogP contribution in [0.25, 0.3) is 0 Å². The number of ether oxygens (including phenoxy) is 1. The van der Waals surface area contributed by atoms with Gasteiger partial charge in [-0.1, -0.05) is 30.3 Å². The zero-order chi connectivity index (χ0) is 18.2. The molecule has 2 aromatic carbocycles. The summed E-state index contributed by atoms with van der Waals surface area (Å²) in [6, 6.07) is 13.6. The lowest BCUT2D eigenvalue weighted by Gasteiger charge is -2.20. The molecule has 0 unspecified atom stereocenters. The highest BCUT2D eigenvalue weighted by Crippen LogP contribution is 2.32. The lowest BCUT2D eigenvalue weighted by Crippen LogP contribution is -2.26. The minimum Gasteiger partial charge on any atom is -0.487 e. The van der Waals surface area contributed by atoms with Gasteiger partial charge in [0.05, 0.1) is 10.6 Å². The van der Waals surface area contributed by atoms with Gasteiger partial charge in [-0.05, 0) is 18.1 Å². The molecule has 1 N–H and O–H groups in total. The molecule has 2 aromatic rings. The summed E-state index contributed by atoms with van der Waals surface area (Å²) in [5.74, 6) is 0.133. The Balaban J connectivity index is 2.25. The van der Waals surface area contributed by atoms with E-state index in [9.17, 15) is 14.9 Å². The van der Waals surface area contributed by atoms with Crippen LogP contribution in [-0.2, 0) is 11.4 Å². The predicted octanol–water partition coefficient (Wildman–Crippen LogP) is 2.91. The van der Waals surface area contributed by atoms with Gasteiger partial charge in [0.2, 0.25) is 5.91 Å². The average Bonchev–Trinajstić information content (AvgIpc) is 2.64. The van der Waals surface area contributed by atoms with Gasteiger partial charge in [0.25, 0.3) is 5.69 Å². The highest BCUT2D eigenvalue weighted by molar-refractivity contribution is 5.94. The number of anilines is 1. The molecule has 0 aliphatic heterocycles. The van der Waals surface area contributed by atoms with Gasteiger partial charge < -0.3 is 14.7 Å². The number of hydrogen-bond donors (Lipinski definition) is 1. The highest BCUT2D eigenvalue weighted by atomic mass is 16.6. The van der Waals surface area contributed by atoms with Crippen molar-refractivity contribution in [2.24, 2.45) is 0 Å². The van der Waals surface area contributed by atoms with E-state index in [1.165, 1.54) is 30.1 Å². The fourth-order valence-corrected chi connectivity index (χ4v) is 2.27. The van der Waals surface area contributed by atoms with Crippen molar-refractivity contribution in [2.75, 3.05) is 18.6 Å². The second-order valence-corrected chi connectivity index (χ2v) is 5.46. The van der Waals surface area contributed by atoms with Crippen molar-refractivity contribution >= 4 is 17.3 Å². The molecule has 0 heterocycles. The fourth-order valence-electron chi connectivity index (χ4n) is 2.27. The van der Waals surface area contributed by atoms with Gasteiger partial charge in [-0.15, -0.1) is 0 Å². The lowest BCUT2D eigenvalue weighted by molar-refractivity contribution is -0.384. The highest BCUT2D eigenvalue weighted by Gasteiger charge is 2.19. The predicted molar refractivity (Wildman–Crippen MR) is 93.6 cm³/mol. The van der Waals surface area contributed by atoms with Crippen LogP contribution in [0, 0.1) is 10.1 Å². The molecule has 0 saturated carbocycles. The molecule has 0 bridgehead atoms. The number of nitrogens with zero attached hydrogens (tertiary/aromatic N) is 2. The lowest BCUT2D eigenvalue weighted by atomic mass is 10.2. The van der Waals surface area contributed by atoms with Crippen LogP contribution >= 0.6 is 0 Å².